The highest BCUT2D eigenvalue weighted by Gasteiger charge is 2.28. The Balaban J connectivity index is 1.66. The highest BCUT2D eigenvalue weighted by Crippen LogP contribution is 2.33. The first-order chi connectivity index (χ1) is 5.88. The smallest absolute Gasteiger partial charge is 0.0159 e. The van der Waals surface area contributed by atoms with Crippen LogP contribution in [-0.4, -0.2) is 29.9 Å². The van der Waals surface area contributed by atoms with Crippen molar-refractivity contribution < 1.29 is 0 Å². The lowest BCUT2D eigenvalue weighted by atomic mass is 10.3. The van der Waals surface area contributed by atoms with Gasteiger partial charge in [-0.3, -0.25) is 0 Å². The van der Waals surface area contributed by atoms with Gasteiger partial charge in [0.05, 0.1) is 0 Å². The third-order valence-corrected chi connectivity index (χ3v) is 3.18. The van der Waals surface area contributed by atoms with Gasteiger partial charge in [-0.05, 0) is 37.5 Å². The Hall–Kier alpha value is 0.440. The van der Waals surface area contributed by atoms with Crippen LogP contribution in [0.15, 0.2) is 0 Å². The van der Waals surface area contributed by atoms with E-state index in [4.69, 9.17) is 0 Å². The molecule has 12 heavy (non-hydrogen) atoms. The highest BCUT2D eigenvalue weighted by atomic mass is 79.9. The minimum atomic E-state index is 1.06. The molecule has 2 fully saturated rings. The van der Waals surface area contributed by atoms with Gasteiger partial charge >= 0.3 is 0 Å². The van der Waals surface area contributed by atoms with Gasteiger partial charge in [0.2, 0.25) is 0 Å². The number of hydrogen-bond donors (Lipinski definition) is 0. The van der Waals surface area contributed by atoms with Gasteiger partial charge in [-0.1, -0.05) is 15.9 Å². The van der Waals surface area contributed by atoms with Crippen molar-refractivity contribution in [2.45, 2.75) is 25.7 Å². The van der Waals surface area contributed by atoms with E-state index < -0.39 is 0 Å². The maximum absolute atomic E-state index is 3.53. The topological polar surface area (TPSA) is 3.24 Å². The second kappa shape index (κ2) is 4.10. The van der Waals surface area contributed by atoms with Crippen LogP contribution in [-0.2, 0) is 0 Å². The molecule has 0 aromatic carbocycles. The van der Waals surface area contributed by atoms with E-state index in [0.717, 1.165) is 17.2 Å². The maximum atomic E-state index is 3.53. The Labute approximate surface area is 83.6 Å². The maximum Gasteiger partial charge on any atom is 0.0159 e. The number of rotatable bonds is 6. The molecule has 0 aromatic rings. The predicted octanol–water partition coefficient (Wildman–Crippen LogP) is 2.50. The fraction of sp³-hybridized carbons (Fsp3) is 1.00. The van der Waals surface area contributed by atoms with Crippen LogP contribution in [0.25, 0.3) is 0 Å². The van der Waals surface area contributed by atoms with E-state index in [1.165, 1.54) is 45.3 Å². The van der Waals surface area contributed by atoms with Crippen LogP contribution in [0.1, 0.15) is 25.7 Å². The summed E-state index contributed by atoms with van der Waals surface area (Å²) >= 11 is 3.53. The van der Waals surface area contributed by atoms with Crippen LogP contribution in [0.2, 0.25) is 0 Å². The molecule has 2 heteroatoms. The van der Waals surface area contributed by atoms with Crippen molar-refractivity contribution in [3.8, 4) is 0 Å². The quantitative estimate of drug-likeness (QED) is 0.636. The molecule has 0 radical (unpaired) electrons. The molecule has 2 rings (SSSR count). The van der Waals surface area contributed by atoms with E-state index in [1.807, 2.05) is 0 Å². The molecule has 0 atom stereocenters. The summed E-state index contributed by atoms with van der Waals surface area (Å²) in [5, 5.41) is 1.15. The van der Waals surface area contributed by atoms with E-state index in [-0.39, 0.29) is 0 Å². The van der Waals surface area contributed by atoms with Crippen molar-refractivity contribution >= 4 is 15.9 Å². The first kappa shape index (κ1) is 9.01. The molecule has 0 heterocycles. The fourth-order valence-electron chi connectivity index (χ4n) is 1.71. The molecule has 70 valence electrons. The molecule has 0 aliphatic heterocycles. The molecule has 0 aromatic heterocycles. The fourth-order valence-corrected chi connectivity index (χ4v) is 2.21. The Morgan fingerprint density at radius 2 is 1.50 bits per heavy atom. The molecule has 1 nitrogen and oxygen atoms in total. The van der Waals surface area contributed by atoms with E-state index in [1.54, 1.807) is 0 Å². The Morgan fingerprint density at radius 3 is 1.83 bits per heavy atom. The van der Waals surface area contributed by atoms with Crippen molar-refractivity contribution in [2.24, 2.45) is 11.8 Å². The molecule has 0 amide bonds. The van der Waals surface area contributed by atoms with E-state index in [0.29, 0.717) is 0 Å². The van der Waals surface area contributed by atoms with Crippen molar-refractivity contribution in [1.29, 1.82) is 0 Å². The highest BCUT2D eigenvalue weighted by molar-refractivity contribution is 9.09. The molecule has 0 spiro atoms. The summed E-state index contributed by atoms with van der Waals surface area (Å²) in [4.78, 5) is 2.66. The average Bonchev–Trinajstić information content (AvgIpc) is 2.82. The van der Waals surface area contributed by atoms with Gasteiger partial charge in [0.25, 0.3) is 0 Å². The molecule has 2 saturated carbocycles. The van der Waals surface area contributed by atoms with Gasteiger partial charge in [0.15, 0.2) is 0 Å². The normalized spacial score (nSPS) is 23.5. The van der Waals surface area contributed by atoms with Gasteiger partial charge in [0.1, 0.15) is 0 Å². The van der Waals surface area contributed by atoms with Crippen molar-refractivity contribution in [3.05, 3.63) is 0 Å². The third-order valence-electron chi connectivity index (χ3n) is 2.83. The second-order valence-corrected chi connectivity index (χ2v) is 5.13. The number of halogens is 1. The Bertz CT molecular complexity index is 127. The first-order valence-corrected chi connectivity index (χ1v) is 6.29. The van der Waals surface area contributed by atoms with Crippen molar-refractivity contribution in [1.82, 2.24) is 4.90 Å². The standard InChI is InChI=1S/C10H18BrN/c11-5-6-12(7-9-1-2-9)8-10-3-4-10/h9-10H,1-8H2. The van der Waals surface area contributed by atoms with Crippen LogP contribution in [0.5, 0.6) is 0 Å². The van der Waals surface area contributed by atoms with Gasteiger partial charge < -0.3 is 4.90 Å². The molecular weight excluding hydrogens is 214 g/mol. The molecule has 2 aliphatic rings. The lowest BCUT2D eigenvalue weighted by Gasteiger charge is -2.20. The van der Waals surface area contributed by atoms with Gasteiger partial charge in [-0.25, -0.2) is 0 Å². The molecule has 0 bridgehead atoms. The molecule has 2 aliphatic carbocycles. The van der Waals surface area contributed by atoms with Crippen LogP contribution >= 0.6 is 15.9 Å². The summed E-state index contributed by atoms with van der Waals surface area (Å²) in [5.41, 5.74) is 0. The van der Waals surface area contributed by atoms with E-state index in [2.05, 4.69) is 20.8 Å². The van der Waals surface area contributed by atoms with Crippen LogP contribution in [0.3, 0.4) is 0 Å². The average molecular weight is 232 g/mol. The lowest BCUT2D eigenvalue weighted by molar-refractivity contribution is 0.268. The molecule has 0 saturated heterocycles. The van der Waals surface area contributed by atoms with Crippen molar-refractivity contribution in [3.63, 3.8) is 0 Å². The zero-order chi connectivity index (χ0) is 8.39. The van der Waals surface area contributed by atoms with E-state index in [9.17, 15) is 0 Å². The van der Waals surface area contributed by atoms with Gasteiger partial charge in [-0.15, -0.1) is 0 Å². The summed E-state index contributed by atoms with van der Waals surface area (Å²) in [5.74, 6) is 2.12. The second-order valence-electron chi connectivity index (χ2n) is 4.34. The van der Waals surface area contributed by atoms with Crippen LogP contribution in [0.4, 0.5) is 0 Å². The Morgan fingerprint density at radius 1 is 1.00 bits per heavy atom. The number of nitrogens with zero attached hydrogens (tertiary/aromatic N) is 1. The molecule has 0 N–H and O–H groups in total. The summed E-state index contributed by atoms with van der Waals surface area (Å²) in [6.45, 7) is 4.01. The molecule has 0 unspecified atom stereocenters. The predicted molar refractivity (Wildman–Crippen MR) is 55.7 cm³/mol. The van der Waals surface area contributed by atoms with Crippen LogP contribution < -0.4 is 0 Å². The van der Waals surface area contributed by atoms with Gasteiger partial charge in [-0.2, -0.15) is 0 Å². The Kier molecular flexibility index (Phi) is 3.08. The summed E-state index contributed by atoms with van der Waals surface area (Å²) in [6, 6.07) is 0. The monoisotopic (exact) mass is 231 g/mol. The minimum Gasteiger partial charge on any atom is -0.302 e. The first-order valence-electron chi connectivity index (χ1n) is 5.17. The third kappa shape index (κ3) is 3.06. The minimum absolute atomic E-state index is 1.06. The summed E-state index contributed by atoms with van der Waals surface area (Å²) < 4.78 is 0. The SMILES string of the molecule is BrCCN(CC1CC1)CC1CC1. The number of alkyl halides is 1. The van der Waals surface area contributed by atoms with E-state index >= 15 is 0 Å². The number of hydrogen-bond acceptors (Lipinski definition) is 1. The zero-order valence-electron chi connectivity index (χ0n) is 7.64. The lowest BCUT2D eigenvalue weighted by Crippen LogP contribution is -2.30. The summed E-state index contributed by atoms with van der Waals surface area (Å²) in [7, 11) is 0. The van der Waals surface area contributed by atoms with Gasteiger partial charge in [0, 0.05) is 25.0 Å². The molecular formula is C10H18BrN. The zero-order valence-corrected chi connectivity index (χ0v) is 9.22. The largest absolute Gasteiger partial charge is 0.302 e. The summed E-state index contributed by atoms with van der Waals surface area (Å²) in [6.07, 6.45) is 5.96. The van der Waals surface area contributed by atoms with Crippen molar-refractivity contribution in [2.75, 3.05) is 25.0 Å². The van der Waals surface area contributed by atoms with Crippen LogP contribution in [0, 0.1) is 11.8 Å².